The summed E-state index contributed by atoms with van der Waals surface area (Å²) in [6.07, 6.45) is 4.95. The smallest absolute Gasteiger partial charge is 0.138 e. The molecule has 0 aromatic carbocycles. The highest BCUT2D eigenvalue weighted by molar-refractivity contribution is 7.19. The van der Waals surface area contributed by atoms with E-state index >= 15 is 0 Å². The molecule has 19 heavy (non-hydrogen) atoms. The minimum Gasteiger partial charge on any atom is -0.383 e. The van der Waals surface area contributed by atoms with Crippen LogP contribution in [0.1, 0.15) is 29.1 Å². The summed E-state index contributed by atoms with van der Waals surface area (Å²) in [5.41, 5.74) is 1.48. The van der Waals surface area contributed by atoms with Crippen molar-refractivity contribution < 1.29 is 4.74 Å². The van der Waals surface area contributed by atoms with Crippen molar-refractivity contribution in [1.29, 1.82) is 0 Å². The third kappa shape index (κ3) is 2.44. The number of aryl methyl sites for hydroxylation is 3. The molecule has 0 bridgehead atoms. The van der Waals surface area contributed by atoms with Crippen molar-refractivity contribution in [2.75, 3.05) is 25.6 Å². The molecule has 2 heterocycles. The molecule has 2 aromatic rings. The van der Waals surface area contributed by atoms with Crippen molar-refractivity contribution in [1.82, 2.24) is 9.97 Å². The van der Waals surface area contributed by atoms with E-state index in [1.165, 1.54) is 41.5 Å². The molecule has 5 heteroatoms. The molecule has 0 saturated heterocycles. The number of thiophene rings is 1. The Kier molecular flexibility index (Phi) is 3.66. The normalized spacial score (nSPS) is 14.6. The quantitative estimate of drug-likeness (QED) is 0.873. The molecule has 102 valence electrons. The van der Waals surface area contributed by atoms with E-state index in [0.29, 0.717) is 6.61 Å². The van der Waals surface area contributed by atoms with Gasteiger partial charge >= 0.3 is 0 Å². The zero-order valence-corrected chi connectivity index (χ0v) is 12.3. The van der Waals surface area contributed by atoms with Crippen molar-refractivity contribution in [3.63, 3.8) is 0 Å². The number of hydrogen-bond acceptors (Lipinski definition) is 5. The Morgan fingerprint density at radius 3 is 2.95 bits per heavy atom. The zero-order valence-electron chi connectivity index (χ0n) is 11.5. The van der Waals surface area contributed by atoms with Gasteiger partial charge in [-0.1, -0.05) is 0 Å². The van der Waals surface area contributed by atoms with Gasteiger partial charge < -0.3 is 10.1 Å². The van der Waals surface area contributed by atoms with Gasteiger partial charge in [0.15, 0.2) is 0 Å². The zero-order chi connectivity index (χ0) is 13.2. The average Bonchev–Trinajstić information content (AvgIpc) is 2.76. The number of methoxy groups -OCH3 is 1. The van der Waals surface area contributed by atoms with E-state index < -0.39 is 0 Å². The SMILES string of the molecule is COCCNc1nc(C)nc2sc3c(c12)CCCC3. The first-order chi connectivity index (χ1) is 9.29. The number of rotatable bonds is 4. The van der Waals surface area contributed by atoms with Gasteiger partial charge in [0.2, 0.25) is 0 Å². The Morgan fingerprint density at radius 2 is 2.11 bits per heavy atom. The summed E-state index contributed by atoms with van der Waals surface area (Å²) in [5.74, 6) is 1.82. The van der Waals surface area contributed by atoms with Crippen LogP contribution >= 0.6 is 11.3 Å². The monoisotopic (exact) mass is 277 g/mol. The van der Waals surface area contributed by atoms with Crippen molar-refractivity contribution in [2.45, 2.75) is 32.6 Å². The third-order valence-corrected chi connectivity index (χ3v) is 4.71. The molecule has 1 aliphatic carbocycles. The number of hydrogen-bond donors (Lipinski definition) is 1. The van der Waals surface area contributed by atoms with E-state index in [1.54, 1.807) is 7.11 Å². The lowest BCUT2D eigenvalue weighted by Gasteiger charge is -2.12. The first-order valence-corrected chi connectivity index (χ1v) is 7.63. The van der Waals surface area contributed by atoms with Crippen LogP contribution in [-0.2, 0) is 17.6 Å². The Balaban J connectivity index is 2.05. The lowest BCUT2D eigenvalue weighted by atomic mass is 9.97. The first kappa shape index (κ1) is 12.8. The number of anilines is 1. The summed E-state index contributed by atoms with van der Waals surface area (Å²) < 4.78 is 5.10. The van der Waals surface area contributed by atoms with Gasteiger partial charge in [-0.25, -0.2) is 9.97 Å². The number of nitrogens with one attached hydrogen (secondary N) is 1. The summed E-state index contributed by atoms with van der Waals surface area (Å²) >= 11 is 1.84. The molecule has 4 nitrogen and oxygen atoms in total. The summed E-state index contributed by atoms with van der Waals surface area (Å²) in [4.78, 5) is 11.8. The molecule has 0 unspecified atom stereocenters. The van der Waals surface area contributed by atoms with Gasteiger partial charge in [0.1, 0.15) is 16.5 Å². The number of nitrogens with zero attached hydrogens (tertiary/aromatic N) is 2. The predicted molar refractivity (Wildman–Crippen MR) is 79.2 cm³/mol. The summed E-state index contributed by atoms with van der Waals surface area (Å²) in [6, 6.07) is 0. The summed E-state index contributed by atoms with van der Waals surface area (Å²) in [6.45, 7) is 3.43. The van der Waals surface area contributed by atoms with Crippen LogP contribution in [0.3, 0.4) is 0 Å². The lowest BCUT2D eigenvalue weighted by Crippen LogP contribution is -2.10. The van der Waals surface area contributed by atoms with Crippen LogP contribution in [0.2, 0.25) is 0 Å². The van der Waals surface area contributed by atoms with E-state index in [2.05, 4.69) is 15.3 Å². The van der Waals surface area contributed by atoms with E-state index in [0.717, 1.165) is 23.0 Å². The van der Waals surface area contributed by atoms with Crippen LogP contribution in [0, 0.1) is 6.92 Å². The molecule has 0 aliphatic heterocycles. The van der Waals surface area contributed by atoms with Crippen molar-refractivity contribution in [3.05, 3.63) is 16.3 Å². The van der Waals surface area contributed by atoms with Crippen LogP contribution in [0.25, 0.3) is 10.2 Å². The second-order valence-corrected chi connectivity index (χ2v) is 6.01. The molecule has 0 amide bonds. The lowest BCUT2D eigenvalue weighted by molar-refractivity contribution is 0.210. The molecule has 0 fully saturated rings. The van der Waals surface area contributed by atoms with Crippen molar-refractivity contribution >= 4 is 27.4 Å². The maximum Gasteiger partial charge on any atom is 0.138 e. The molecule has 2 aromatic heterocycles. The van der Waals surface area contributed by atoms with Crippen molar-refractivity contribution in [3.8, 4) is 0 Å². The number of aromatic nitrogens is 2. The minimum absolute atomic E-state index is 0.691. The number of fused-ring (bicyclic) bond motifs is 3. The maximum absolute atomic E-state index is 5.10. The standard InChI is InChI=1S/C14H19N3OS/c1-9-16-13(15-7-8-18-2)12-10-5-3-4-6-11(10)19-14(12)17-9/h3-8H2,1-2H3,(H,15,16,17). The van der Waals surface area contributed by atoms with Crippen LogP contribution in [0.5, 0.6) is 0 Å². The fourth-order valence-electron chi connectivity index (χ4n) is 2.66. The average molecular weight is 277 g/mol. The van der Waals surface area contributed by atoms with Gasteiger partial charge in [0, 0.05) is 18.5 Å². The molecule has 1 aliphatic rings. The second kappa shape index (κ2) is 5.43. The Morgan fingerprint density at radius 1 is 1.26 bits per heavy atom. The maximum atomic E-state index is 5.10. The Labute approximate surface area is 117 Å². The van der Waals surface area contributed by atoms with Crippen LogP contribution in [0.15, 0.2) is 0 Å². The summed E-state index contributed by atoms with van der Waals surface area (Å²) in [5, 5.41) is 4.65. The molecular weight excluding hydrogens is 258 g/mol. The Bertz CT molecular complexity index is 594. The van der Waals surface area contributed by atoms with E-state index in [1.807, 2.05) is 18.3 Å². The number of ether oxygens (including phenoxy) is 1. The molecule has 0 spiro atoms. The molecule has 0 radical (unpaired) electrons. The molecular formula is C14H19N3OS. The van der Waals surface area contributed by atoms with E-state index in [9.17, 15) is 0 Å². The Hall–Kier alpha value is -1.20. The topological polar surface area (TPSA) is 47.0 Å². The second-order valence-electron chi connectivity index (χ2n) is 4.93. The minimum atomic E-state index is 0.691. The highest BCUT2D eigenvalue weighted by Crippen LogP contribution is 2.38. The third-order valence-electron chi connectivity index (χ3n) is 3.53. The van der Waals surface area contributed by atoms with Gasteiger partial charge in [-0.05, 0) is 38.2 Å². The van der Waals surface area contributed by atoms with Gasteiger partial charge in [0.25, 0.3) is 0 Å². The van der Waals surface area contributed by atoms with Gasteiger partial charge in [0.05, 0.1) is 12.0 Å². The molecule has 0 atom stereocenters. The van der Waals surface area contributed by atoms with Crippen LogP contribution in [-0.4, -0.2) is 30.2 Å². The fraction of sp³-hybridized carbons (Fsp3) is 0.571. The van der Waals surface area contributed by atoms with Gasteiger partial charge in [-0.3, -0.25) is 0 Å². The molecule has 1 N–H and O–H groups in total. The highest BCUT2D eigenvalue weighted by Gasteiger charge is 2.20. The molecule has 0 saturated carbocycles. The van der Waals surface area contributed by atoms with E-state index in [-0.39, 0.29) is 0 Å². The van der Waals surface area contributed by atoms with Crippen LogP contribution in [0.4, 0.5) is 5.82 Å². The first-order valence-electron chi connectivity index (χ1n) is 6.81. The van der Waals surface area contributed by atoms with Gasteiger partial charge in [-0.2, -0.15) is 0 Å². The molecule has 3 rings (SSSR count). The predicted octanol–water partition coefficient (Wildman–Crippen LogP) is 2.94. The van der Waals surface area contributed by atoms with Gasteiger partial charge in [-0.15, -0.1) is 11.3 Å². The fourth-order valence-corrected chi connectivity index (χ4v) is 3.97. The summed E-state index contributed by atoms with van der Waals surface area (Å²) in [7, 11) is 1.72. The van der Waals surface area contributed by atoms with Crippen molar-refractivity contribution in [2.24, 2.45) is 0 Å². The largest absolute Gasteiger partial charge is 0.383 e. The van der Waals surface area contributed by atoms with Crippen LogP contribution < -0.4 is 5.32 Å². The highest BCUT2D eigenvalue weighted by atomic mass is 32.1. The van der Waals surface area contributed by atoms with E-state index in [4.69, 9.17) is 4.74 Å².